The Kier molecular flexibility index (Phi) is 7.56. The molecule has 0 aromatic carbocycles. The molecule has 0 amide bonds. The lowest BCUT2D eigenvalue weighted by atomic mass is 10.2. The van der Waals surface area contributed by atoms with Crippen LogP contribution in [0, 0.1) is 0 Å². The standard InChI is InChI=1S/C21H33F3N2O3S/c1-16(30(27,28)20-8-7-19(15-20)29-2)3-4-18(9-10-21(22,23)24)26-13-11-25(12-14-26)17-5-6-17/h3-4,9,16-17,19-20H,5-8,10-15H2,1-2H3. The van der Waals surface area contributed by atoms with Crippen molar-refractivity contribution in [1.82, 2.24) is 9.80 Å². The number of alkyl halides is 3. The van der Waals surface area contributed by atoms with Crippen molar-refractivity contribution in [2.45, 2.75) is 74.3 Å². The van der Waals surface area contributed by atoms with Crippen LogP contribution in [0.1, 0.15) is 45.4 Å². The molecule has 0 spiro atoms. The molecule has 3 rings (SSSR count). The second-order valence-corrected chi connectivity index (χ2v) is 11.2. The van der Waals surface area contributed by atoms with E-state index in [1.807, 2.05) is 4.90 Å². The highest BCUT2D eigenvalue weighted by molar-refractivity contribution is 7.92. The first-order valence-electron chi connectivity index (χ1n) is 10.8. The third-order valence-electron chi connectivity index (χ3n) is 6.48. The molecule has 0 bridgehead atoms. The summed E-state index contributed by atoms with van der Waals surface area (Å²) in [4.78, 5) is 4.33. The number of piperazine rings is 1. The minimum absolute atomic E-state index is 0.0361. The lowest BCUT2D eigenvalue weighted by Crippen LogP contribution is -2.46. The Bertz CT molecular complexity index is 739. The first-order chi connectivity index (χ1) is 14.1. The molecule has 3 fully saturated rings. The SMILES string of the molecule is COC1CCC(S(=O)(=O)C(C)C=CC(=CCC(F)(F)F)N2CCN(C3CC3)CC2)C1. The molecular weight excluding hydrogens is 417 g/mol. The zero-order chi connectivity index (χ0) is 21.9. The zero-order valence-corrected chi connectivity index (χ0v) is 18.6. The van der Waals surface area contributed by atoms with Crippen LogP contribution in [0.4, 0.5) is 13.2 Å². The maximum Gasteiger partial charge on any atom is 0.392 e. The van der Waals surface area contributed by atoms with Gasteiger partial charge in [0.25, 0.3) is 0 Å². The number of allylic oxidation sites excluding steroid dienone is 2. The maximum atomic E-state index is 12.9. The summed E-state index contributed by atoms with van der Waals surface area (Å²) in [6.45, 7) is 4.58. The molecule has 2 saturated carbocycles. The average Bonchev–Trinajstić information content (AvgIpc) is 3.43. The molecule has 30 heavy (non-hydrogen) atoms. The molecule has 3 unspecified atom stereocenters. The van der Waals surface area contributed by atoms with Gasteiger partial charge in [0.05, 0.1) is 23.0 Å². The van der Waals surface area contributed by atoms with Crippen LogP contribution in [0.3, 0.4) is 0 Å². The van der Waals surface area contributed by atoms with E-state index in [1.165, 1.54) is 18.9 Å². The van der Waals surface area contributed by atoms with Crippen molar-refractivity contribution in [3.63, 3.8) is 0 Å². The van der Waals surface area contributed by atoms with Gasteiger partial charge in [-0.15, -0.1) is 0 Å². The van der Waals surface area contributed by atoms with E-state index >= 15 is 0 Å². The van der Waals surface area contributed by atoms with E-state index < -0.39 is 32.9 Å². The van der Waals surface area contributed by atoms with Gasteiger partial charge >= 0.3 is 6.18 Å². The first kappa shape index (κ1) is 23.6. The number of sulfone groups is 1. The summed E-state index contributed by atoms with van der Waals surface area (Å²) in [6, 6.07) is 0.637. The van der Waals surface area contributed by atoms with Crippen LogP contribution < -0.4 is 0 Å². The Labute approximate surface area is 177 Å². The molecule has 1 aliphatic heterocycles. The van der Waals surface area contributed by atoms with E-state index in [0.29, 0.717) is 37.7 Å². The van der Waals surface area contributed by atoms with Crippen molar-refractivity contribution >= 4 is 9.84 Å². The van der Waals surface area contributed by atoms with Crippen LogP contribution in [0.2, 0.25) is 0 Å². The van der Waals surface area contributed by atoms with E-state index in [2.05, 4.69) is 4.90 Å². The number of methoxy groups -OCH3 is 1. The van der Waals surface area contributed by atoms with Crippen LogP contribution in [-0.4, -0.2) is 80.3 Å². The number of rotatable bonds is 8. The van der Waals surface area contributed by atoms with Crippen LogP contribution in [-0.2, 0) is 14.6 Å². The molecule has 3 aliphatic rings. The van der Waals surface area contributed by atoms with E-state index in [0.717, 1.165) is 19.5 Å². The van der Waals surface area contributed by atoms with Crippen molar-refractivity contribution in [3.05, 3.63) is 23.9 Å². The lowest BCUT2D eigenvalue weighted by molar-refractivity contribution is -0.125. The van der Waals surface area contributed by atoms with E-state index in [4.69, 9.17) is 4.74 Å². The third-order valence-corrected chi connectivity index (χ3v) is 9.03. The van der Waals surface area contributed by atoms with Crippen molar-refractivity contribution in [2.24, 2.45) is 0 Å². The van der Waals surface area contributed by atoms with Crippen LogP contribution >= 0.6 is 0 Å². The van der Waals surface area contributed by atoms with Crippen molar-refractivity contribution in [2.75, 3.05) is 33.3 Å². The van der Waals surface area contributed by atoms with Gasteiger partial charge in [-0.1, -0.05) is 12.2 Å². The maximum absolute atomic E-state index is 12.9. The Hall–Kier alpha value is -1.06. The van der Waals surface area contributed by atoms with E-state index in [9.17, 15) is 21.6 Å². The smallest absolute Gasteiger partial charge is 0.381 e. The second kappa shape index (κ2) is 9.61. The predicted octanol–water partition coefficient (Wildman–Crippen LogP) is 3.53. The van der Waals surface area contributed by atoms with Gasteiger partial charge < -0.3 is 9.64 Å². The molecule has 1 saturated heterocycles. The molecule has 172 valence electrons. The van der Waals surface area contributed by atoms with Crippen molar-refractivity contribution in [1.29, 1.82) is 0 Å². The van der Waals surface area contributed by atoms with Gasteiger partial charge in [0, 0.05) is 45.0 Å². The fourth-order valence-electron chi connectivity index (χ4n) is 4.37. The Morgan fingerprint density at radius 2 is 1.80 bits per heavy atom. The topological polar surface area (TPSA) is 49.9 Å². The molecule has 2 aliphatic carbocycles. The average molecular weight is 451 g/mol. The highest BCUT2D eigenvalue weighted by Gasteiger charge is 2.37. The number of nitrogens with zero attached hydrogens (tertiary/aromatic N) is 2. The fraction of sp³-hybridized carbons (Fsp3) is 0.810. The fourth-order valence-corrected chi connectivity index (χ4v) is 6.22. The Morgan fingerprint density at radius 1 is 1.13 bits per heavy atom. The molecule has 0 N–H and O–H groups in total. The second-order valence-electron chi connectivity index (χ2n) is 8.65. The molecule has 1 heterocycles. The number of hydrogen-bond donors (Lipinski definition) is 0. The highest BCUT2D eigenvalue weighted by Crippen LogP contribution is 2.31. The van der Waals surface area contributed by atoms with Crippen molar-refractivity contribution < 1.29 is 26.3 Å². The number of ether oxygens (including phenoxy) is 1. The van der Waals surface area contributed by atoms with Crippen LogP contribution in [0.5, 0.6) is 0 Å². The first-order valence-corrected chi connectivity index (χ1v) is 12.4. The molecule has 0 radical (unpaired) electrons. The summed E-state index contributed by atoms with van der Waals surface area (Å²) in [5.41, 5.74) is 0.464. The minimum atomic E-state index is -4.29. The Balaban J connectivity index is 1.67. The molecule has 5 nitrogen and oxygen atoms in total. The van der Waals surface area contributed by atoms with Gasteiger partial charge in [0.1, 0.15) is 0 Å². The predicted molar refractivity (Wildman–Crippen MR) is 111 cm³/mol. The van der Waals surface area contributed by atoms with Gasteiger partial charge in [-0.2, -0.15) is 13.2 Å². The summed E-state index contributed by atoms with van der Waals surface area (Å²) in [7, 11) is -1.82. The van der Waals surface area contributed by atoms with Crippen LogP contribution in [0.25, 0.3) is 0 Å². The summed E-state index contributed by atoms with van der Waals surface area (Å²) in [6.07, 6.45) is 3.14. The third kappa shape index (κ3) is 6.23. The van der Waals surface area contributed by atoms with Crippen LogP contribution in [0.15, 0.2) is 23.9 Å². The normalized spacial score (nSPS) is 28.4. The monoisotopic (exact) mass is 450 g/mol. The van der Waals surface area contributed by atoms with E-state index in [1.54, 1.807) is 26.2 Å². The Morgan fingerprint density at radius 3 is 2.33 bits per heavy atom. The van der Waals surface area contributed by atoms with Crippen molar-refractivity contribution in [3.8, 4) is 0 Å². The molecule has 3 atom stereocenters. The zero-order valence-electron chi connectivity index (χ0n) is 17.8. The summed E-state index contributed by atoms with van der Waals surface area (Å²) < 4.78 is 69.5. The van der Waals surface area contributed by atoms with Gasteiger partial charge in [-0.3, -0.25) is 4.90 Å². The minimum Gasteiger partial charge on any atom is -0.381 e. The lowest BCUT2D eigenvalue weighted by Gasteiger charge is -2.37. The van der Waals surface area contributed by atoms with Gasteiger partial charge in [0.2, 0.25) is 0 Å². The molecular formula is C21H33F3N2O3S. The number of hydrogen-bond acceptors (Lipinski definition) is 5. The van der Waals surface area contributed by atoms with Gasteiger partial charge in [0.15, 0.2) is 9.84 Å². The van der Waals surface area contributed by atoms with Gasteiger partial charge in [-0.25, -0.2) is 8.42 Å². The molecule has 9 heteroatoms. The highest BCUT2D eigenvalue weighted by atomic mass is 32.2. The number of halogens is 3. The van der Waals surface area contributed by atoms with Gasteiger partial charge in [-0.05, 0) is 45.1 Å². The largest absolute Gasteiger partial charge is 0.392 e. The molecule has 0 aromatic heterocycles. The summed E-state index contributed by atoms with van der Waals surface area (Å²) in [5.74, 6) is 0. The van der Waals surface area contributed by atoms with E-state index in [-0.39, 0.29) is 6.10 Å². The molecule has 0 aromatic rings. The summed E-state index contributed by atoms with van der Waals surface area (Å²) >= 11 is 0. The summed E-state index contributed by atoms with van der Waals surface area (Å²) in [5, 5.41) is -1.20. The quantitative estimate of drug-likeness (QED) is 0.530.